The van der Waals surface area contributed by atoms with E-state index in [1.807, 2.05) is 6.92 Å². The zero-order valence-electron chi connectivity index (χ0n) is 12.8. The zero-order valence-corrected chi connectivity index (χ0v) is 12.8. The first-order valence-corrected chi connectivity index (χ1v) is 8.16. The molecule has 2 fully saturated rings. The van der Waals surface area contributed by atoms with Crippen molar-refractivity contribution in [2.24, 2.45) is 11.8 Å². The molecule has 0 aliphatic heterocycles. The number of aliphatic hydroxyl groups is 1. The lowest BCUT2D eigenvalue weighted by Gasteiger charge is -2.29. The molecule has 0 radical (unpaired) electrons. The van der Waals surface area contributed by atoms with Crippen LogP contribution >= 0.6 is 0 Å². The van der Waals surface area contributed by atoms with Gasteiger partial charge in [-0.1, -0.05) is 19.8 Å². The molecule has 1 amide bonds. The third-order valence-corrected chi connectivity index (χ3v) is 4.61. The van der Waals surface area contributed by atoms with Crippen molar-refractivity contribution in [2.75, 3.05) is 6.61 Å². The van der Waals surface area contributed by atoms with Crippen LogP contribution in [0.15, 0.2) is 0 Å². The SMILES string of the molecule is CC1CCCC(OC(C)C(=O)NC(CCO)C2CC2)C1. The number of aliphatic hydroxyl groups excluding tert-OH is 1. The highest BCUT2D eigenvalue weighted by atomic mass is 16.5. The number of carbonyl (C=O) groups is 1. The number of carbonyl (C=O) groups excluding carboxylic acids is 1. The van der Waals surface area contributed by atoms with Crippen molar-refractivity contribution in [1.29, 1.82) is 0 Å². The van der Waals surface area contributed by atoms with E-state index < -0.39 is 0 Å². The summed E-state index contributed by atoms with van der Waals surface area (Å²) in [4.78, 5) is 12.2. The normalized spacial score (nSPS) is 29.8. The van der Waals surface area contributed by atoms with Crippen molar-refractivity contribution in [3.05, 3.63) is 0 Å². The van der Waals surface area contributed by atoms with Gasteiger partial charge in [-0.2, -0.15) is 0 Å². The van der Waals surface area contributed by atoms with E-state index in [9.17, 15) is 4.79 Å². The summed E-state index contributed by atoms with van der Waals surface area (Å²) in [7, 11) is 0. The molecule has 4 atom stereocenters. The fourth-order valence-electron chi connectivity index (χ4n) is 3.22. The molecule has 2 N–H and O–H groups in total. The minimum Gasteiger partial charge on any atom is -0.396 e. The Morgan fingerprint density at radius 3 is 2.70 bits per heavy atom. The van der Waals surface area contributed by atoms with E-state index in [4.69, 9.17) is 9.84 Å². The van der Waals surface area contributed by atoms with Crippen LogP contribution in [0.25, 0.3) is 0 Å². The maximum Gasteiger partial charge on any atom is 0.249 e. The first kappa shape index (κ1) is 15.8. The van der Waals surface area contributed by atoms with Crippen LogP contribution in [0.5, 0.6) is 0 Å². The third kappa shape index (κ3) is 4.74. The molecule has 2 rings (SSSR count). The molecule has 0 heterocycles. The lowest BCUT2D eigenvalue weighted by Crippen LogP contribution is -2.44. The molecule has 0 bridgehead atoms. The van der Waals surface area contributed by atoms with Gasteiger partial charge < -0.3 is 15.2 Å². The monoisotopic (exact) mass is 283 g/mol. The van der Waals surface area contributed by atoms with Gasteiger partial charge in [-0.15, -0.1) is 0 Å². The van der Waals surface area contributed by atoms with Crippen molar-refractivity contribution < 1.29 is 14.6 Å². The average molecular weight is 283 g/mol. The molecular weight excluding hydrogens is 254 g/mol. The minimum atomic E-state index is -0.384. The first-order chi connectivity index (χ1) is 9.60. The molecule has 20 heavy (non-hydrogen) atoms. The molecular formula is C16H29NO3. The summed E-state index contributed by atoms with van der Waals surface area (Å²) in [5.41, 5.74) is 0. The summed E-state index contributed by atoms with van der Waals surface area (Å²) in [5, 5.41) is 12.1. The van der Waals surface area contributed by atoms with E-state index in [2.05, 4.69) is 12.2 Å². The molecule has 0 aromatic heterocycles. The van der Waals surface area contributed by atoms with Crippen LogP contribution in [-0.4, -0.2) is 35.9 Å². The van der Waals surface area contributed by atoms with E-state index in [0.717, 1.165) is 12.8 Å². The number of ether oxygens (including phenoxy) is 1. The number of amides is 1. The standard InChI is InChI=1S/C16H29NO3/c1-11-4-3-5-14(10-11)20-12(2)16(19)17-15(8-9-18)13-6-7-13/h11-15,18H,3-10H2,1-2H3,(H,17,19). The fraction of sp³-hybridized carbons (Fsp3) is 0.938. The van der Waals surface area contributed by atoms with E-state index in [1.165, 1.54) is 25.7 Å². The minimum absolute atomic E-state index is 0.0198. The Morgan fingerprint density at radius 2 is 2.10 bits per heavy atom. The Kier molecular flexibility index (Phi) is 5.85. The number of rotatable bonds is 7. The van der Waals surface area contributed by atoms with Crippen LogP contribution in [0.3, 0.4) is 0 Å². The molecule has 4 nitrogen and oxygen atoms in total. The van der Waals surface area contributed by atoms with Crippen molar-refractivity contribution in [2.45, 2.75) is 77.0 Å². The Labute approximate surface area is 122 Å². The highest BCUT2D eigenvalue weighted by molar-refractivity contribution is 5.80. The van der Waals surface area contributed by atoms with E-state index in [-0.39, 0.29) is 30.8 Å². The molecule has 0 saturated heterocycles. The highest BCUT2D eigenvalue weighted by Crippen LogP contribution is 2.34. The van der Waals surface area contributed by atoms with E-state index in [1.54, 1.807) is 0 Å². The molecule has 2 saturated carbocycles. The summed E-state index contributed by atoms with van der Waals surface area (Å²) in [6.07, 6.45) is 7.47. The van der Waals surface area contributed by atoms with Gasteiger partial charge in [0.25, 0.3) is 0 Å². The Bertz CT molecular complexity index is 317. The summed E-state index contributed by atoms with van der Waals surface area (Å²) < 4.78 is 5.93. The van der Waals surface area contributed by atoms with Gasteiger partial charge in [0.2, 0.25) is 5.91 Å². The predicted octanol–water partition coefficient (Wildman–Crippen LogP) is 2.25. The maximum absolute atomic E-state index is 12.2. The van der Waals surface area contributed by atoms with Crippen LogP contribution in [-0.2, 0) is 9.53 Å². The van der Waals surface area contributed by atoms with Crippen LogP contribution in [0.2, 0.25) is 0 Å². The number of nitrogens with one attached hydrogen (secondary N) is 1. The van der Waals surface area contributed by atoms with Gasteiger partial charge in [0.15, 0.2) is 0 Å². The molecule has 4 heteroatoms. The Balaban J connectivity index is 1.75. The second kappa shape index (κ2) is 7.41. The van der Waals surface area contributed by atoms with Gasteiger partial charge in [-0.3, -0.25) is 4.79 Å². The second-order valence-corrected chi connectivity index (χ2v) is 6.64. The molecule has 0 aromatic carbocycles. The van der Waals surface area contributed by atoms with Crippen LogP contribution in [0.4, 0.5) is 0 Å². The van der Waals surface area contributed by atoms with Crippen molar-refractivity contribution in [1.82, 2.24) is 5.32 Å². The maximum atomic E-state index is 12.2. The van der Waals surface area contributed by atoms with Gasteiger partial charge in [-0.25, -0.2) is 0 Å². The summed E-state index contributed by atoms with van der Waals surface area (Å²) in [5.74, 6) is 1.25. The topological polar surface area (TPSA) is 58.6 Å². The highest BCUT2D eigenvalue weighted by Gasteiger charge is 2.33. The van der Waals surface area contributed by atoms with Crippen molar-refractivity contribution in [3.8, 4) is 0 Å². The van der Waals surface area contributed by atoms with Crippen LogP contribution in [0, 0.1) is 11.8 Å². The predicted molar refractivity (Wildman–Crippen MR) is 78.3 cm³/mol. The Hall–Kier alpha value is -0.610. The molecule has 2 aliphatic carbocycles. The first-order valence-electron chi connectivity index (χ1n) is 8.16. The van der Waals surface area contributed by atoms with Crippen molar-refractivity contribution in [3.63, 3.8) is 0 Å². The lowest BCUT2D eigenvalue weighted by molar-refractivity contribution is -0.138. The molecule has 2 aliphatic rings. The zero-order chi connectivity index (χ0) is 14.5. The van der Waals surface area contributed by atoms with E-state index >= 15 is 0 Å². The molecule has 0 aromatic rings. The second-order valence-electron chi connectivity index (χ2n) is 6.64. The van der Waals surface area contributed by atoms with Gasteiger partial charge in [-0.05, 0) is 50.9 Å². The molecule has 0 spiro atoms. The quantitative estimate of drug-likeness (QED) is 0.753. The summed E-state index contributed by atoms with van der Waals surface area (Å²) >= 11 is 0. The number of hydrogen-bond acceptors (Lipinski definition) is 3. The average Bonchev–Trinajstić information content (AvgIpc) is 3.22. The largest absolute Gasteiger partial charge is 0.396 e. The Morgan fingerprint density at radius 1 is 1.35 bits per heavy atom. The van der Waals surface area contributed by atoms with Gasteiger partial charge in [0, 0.05) is 12.6 Å². The smallest absolute Gasteiger partial charge is 0.249 e. The summed E-state index contributed by atoms with van der Waals surface area (Å²) in [6.45, 7) is 4.24. The van der Waals surface area contributed by atoms with E-state index in [0.29, 0.717) is 18.3 Å². The van der Waals surface area contributed by atoms with Gasteiger partial charge in [0.1, 0.15) is 6.10 Å². The third-order valence-electron chi connectivity index (χ3n) is 4.61. The fourth-order valence-corrected chi connectivity index (χ4v) is 3.22. The molecule has 116 valence electrons. The number of hydrogen-bond donors (Lipinski definition) is 2. The van der Waals surface area contributed by atoms with Crippen molar-refractivity contribution >= 4 is 5.91 Å². The van der Waals surface area contributed by atoms with Gasteiger partial charge in [0.05, 0.1) is 6.10 Å². The lowest BCUT2D eigenvalue weighted by atomic mass is 9.88. The molecule has 4 unspecified atom stereocenters. The van der Waals surface area contributed by atoms with Crippen LogP contribution in [0.1, 0.15) is 58.8 Å². The van der Waals surface area contributed by atoms with Gasteiger partial charge >= 0.3 is 0 Å². The van der Waals surface area contributed by atoms with Crippen LogP contribution < -0.4 is 5.32 Å². The summed E-state index contributed by atoms with van der Waals surface area (Å²) in [6, 6.07) is 0.129.